The Labute approximate surface area is 167 Å². The molecule has 0 spiro atoms. The van der Waals surface area contributed by atoms with Crippen LogP contribution in [0.1, 0.15) is 38.1 Å². The van der Waals surface area contributed by atoms with E-state index in [0.29, 0.717) is 13.2 Å². The van der Waals surface area contributed by atoms with Gasteiger partial charge in [-0.15, -0.1) is 5.10 Å². The van der Waals surface area contributed by atoms with Crippen LogP contribution in [0.5, 0.6) is 5.75 Å². The Balaban J connectivity index is 1.68. The topological polar surface area (TPSA) is 68.5 Å². The Kier molecular flexibility index (Phi) is 7.62. The van der Waals surface area contributed by atoms with Crippen molar-refractivity contribution in [3.8, 4) is 5.75 Å². The number of hydrogen-bond donors (Lipinski definition) is 0. The van der Waals surface area contributed by atoms with E-state index in [1.807, 2.05) is 10.7 Å². The number of nitrogens with zero attached hydrogens (tertiary/aromatic N) is 6. The molecule has 1 aliphatic rings. The number of anilines is 1. The highest BCUT2D eigenvalue weighted by Crippen LogP contribution is 2.28. The Hall–Kier alpha value is -2.19. The molecule has 3 rings (SSSR count). The molecule has 0 aliphatic carbocycles. The summed E-state index contributed by atoms with van der Waals surface area (Å²) in [4.78, 5) is 4.95. The zero-order chi connectivity index (χ0) is 19.8. The average molecular weight is 389 g/mol. The van der Waals surface area contributed by atoms with E-state index in [9.17, 15) is 0 Å². The van der Waals surface area contributed by atoms with Crippen LogP contribution in [0.25, 0.3) is 0 Å². The Morgan fingerprint density at radius 2 is 1.96 bits per heavy atom. The first-order valence-corrected chi connectivity index (χ1v) is 10.1. The molecule has 0 amide bonds. The number of aromatic nitrogens is 4. The molecule has 0 bridgehead atoms. The molecule has 1 fully saturated rings. The molecule has 8 nitrogen and oxygen atoms in total. The van der Waals surface area contributed by atoms with E-state index in [4.69, 9.17) is 9.47 Å². The van der Waals surface area contributed by atoms with Crippen LogP contribution in [0.2, 0.25) is 0 Å². The van der Waals surface area contributed by atoms with Crippen LogP contribution in [0.15, 0.2) is 24.3 Å². The van der Waals surface area contributed by atoms with Crippen LogP contribution >= 0.6 is 0 Å². The summed E-state index contributed by atoms with van der Waals surface area (Å²) in [6.45, 7) is 7.47. The minimum absolute atomic E-state index is 0.249. The molecule has 2 aromatic rings. The predicted octanol–water partition coefficient (Wildman–Crippen LogP) is 2.38. The second-order valence-corrected chi connectivity index (χ2v) is 7.14. The van der Waals surface area contributed by atoms with E-state index >= 15 is 0 Å². The van der Waals surface area contributed by atoms with Crippen molar-refractivity contribution in [2.75, 3.05) is 51.9 Å². The summed E-state index contributed by atoms with van der Waals surface area (Å²) < 4.78 is 12.5. The van der Waals surface area contributed by atoms with Gasteiger partial charge in [-0.1, -0.05) is 25.8 Å². The van der Waals surface area contributed by atoms with Gasteiger partial charge in [-0.25, -0.2) is 4.68 Å². The number of ether oxygens (including phenoxy) is 2. The molecule has 1 aromatic heterocycles. The van der Waals surface area contributed by atoms with E-state index in [1.165, 1.54) is 12.1 Å². The van der Waals surface area contributed by atoms with E-state index < -0.39 is 0 Å². The van der Waals surface area contributed by atoms with Crippen molar-refractivity contribution in [1.82, 2.24) is 25.1 Å². The van der Waals surface area contributed by atoms with Crippen molar-refractivity contribution < 1.29 is 9.47 Å². The summed E-state index contributed by atoms with van der Waals surface area (Å²) >= 11 is 0. The van der Waals surface area contributed by atoms with Crippen LogP contribution in [0.3, 0.4) is 0 Å². The summed E-state index contributed by atoms with van der Waals surface area (Å²) in [7, 11) is 3.42. The third-order valence-corrected chi connectivity index (χ3v) is 5.37. The smallest absolute Gasteiger partial charge is 0.168 e. The summed E-state index contributed by atoms with van der Waals surface area (Å²) in [5.74, 6) is 1.86. The number of piperazine rings is 1. The molecular formula is C20H32N6O2. The third-order valence-electron chi connectivity index (χ3n) is 5.37. The maximum absolute atomic E-state index is 5.37. The van der Waals surface area contributed by atoms with Crippen LogP contribution in [0.4, 0.5) is 5.69 Å². The second-order valence-electron chi connectivity index (χ2n) is 7.14. The largest absolute Gasteiger partial charge is 0.497 e. The number of benzene rings is 1. The van der Waals surface area contributed by atoms with Crippen molar-refractivity contribution in [1.29, 1.82) is 0 Å². The van der Waals surface area contributed by atoms with E-state index in [-0.39, 0.29) is 6.04 Å². The zero-order valence-electron chi connectivity index (χ0n) is 17.3. The van der Waals surface area contributed by atoms with Crippen molar-refractivity contribution in [3.05, 3.63) is 30.1 Å². The van der Waals surface area contributed by atoms with Crippen LogP contribution in [-0.2, 0) is 11.3 Å². The highest BCUT2D eigenvalue weighted by atomic mass is 16.5. The van der Waals surface area contributed by atoms with Gasteiger partial charge in [-0.2, -0.15) is 0 Å². The number of tetrazole rings is 1. The molecule has 1 atom stereocenters. The molecule has 1 saturated heterocycles. The fraction of sp³-hybridized carbons (Fsp3) is 0.650. The van der Waals surface area contributed by atoms with Gasteiger partial charge in [0, 0.05) is 45.0 Å². The molecule has 0 unspecified atom stereocenters. The fourth-order valence-corrected chi connectivity index (χ4v) is 3.76. The molecule has 0 saturated carbocycles. The zero-order valence-corrected chi connectivity index (χ0v) is 17.3. The third kappa shape index (κ3) is 4.99. The second kappa shape index (κ2) is 10.4. The summed E-state index contributed by atoms with van der Waals surface area (Å²) in [5, 5.41) is 12.5. The number of unbranched alkanes of at least 4 members (excludes halogenated alkanes) is 1. The first kappa shape index (κ1) is 20.5. The summed E-state index contributed by atoms with van der Waals surface area (Å²) in [6, 6.07) is 8.54. The van der Waals surface area contributed by atoms with Gasteiger partial charge < -0.3 is 14.4 Å². The van der Waals surface area contributed by atoms with Gasteiger partial charge in [0.15, 0.2) is 5.82 Å². The van der Waals surface area contributed by atoms with Crippen molar-refractivity contribution in [3.63, 3.8) is 0 Å². The maximum atomic E-state index is 5.37. The van der Waals surface area contributed by atoms with Gasteiger partial charge >= 0.3 is 0 Å². The van der Waals surface area contributed by atoms with Crippen LogP contribution in [-0.4, -0.2) is 72.1 Å². The van der Waals surface area contributed by atoms with Gasteiger partial charge in [0.25, 0.3) is 0 Å². The van der Waals surface area contributed by atoms with Gasteiger partial charge in [0.2, 0.25) is 0 Å². The van der Waals surface area contributed by atoms with Gasteiger partial charge in [-0.3, -0.25) is 4.90 Å². The summed E-state index contributed by atoms with van der Waals surface area (Å²) in [5.41, 5.74) is 1.22. The molecular weight excluding hydrogens is 356 g/mol. The standard InChI is InChI=1S/C20H32N6O2/c1-4-5-9-19(20-21-22-23-26(20)14-15-27-2)25-12-10-24(11-13-25)17-7-6-8-18(16-17)28-3/h6-8,16,19H,4-5,9-15H2,1-3H3/t19-/m1/s1. The SMILES string of the molecule is CCCC[C@H](c1nnnn1CCOC)N1CCN(c2cccc(OC)c2)CC1. The lowest BCUT2D eigenvalue weighted by molar-refractivity contribution is 0.152. The number of hydrogen-bond acceptors (Lipinski definition) is 7. The highest BCUT2D eigenvalue weighted by Gasteiger charge is 2.28. The van der Waals surface area contributed by atoms with Gasteiger partial charge in [0.05, 0.1) is 26.3 Å². The Morgan fingerprint density at radius 1 is 1.14 bits per heavy atom. The normalized spacial score (nSPS) is 16.3. The fourth-order valence-electron chi connectivity index (χ4n) is 3.76. The minimum Gasteiger partial charge on any atom is -0.497 e. The molecule has 0 N–H and O–H groups in total. The Morgan fingerprint density at radius 3 is 2.68 bits per heavy atom. The molecule has 1 aliphatic heterocycles. The predicted molar refractivity (Wildman–Crippen MR) is 109 cm³/mol. The molecule has 28 heavy (non-hydrogen) atoms. The van der Waals surface area contributed by atoms with Crippen LogP contribution < -0.4 is 9.64 Å². The van der Waals surface area contributed by atoms with Crippen molar-refractivity contribution in [2.24, 2.45) is 0 Å². The summed E-state index contributed by atoms with van der Waals surface area (Å²) in [6.07, 6.45) is 3.40. The minimum atomic E-state index is 0.249. The lowest BCUT2D eigenvalue weighted by Gasteiger charge is -2.39. The van der Waals surface area contributed by atoms with E-state index in [1.54, 1.807) is 14.2 Å². The highest BCUT2D eigenvalue weighted by molar-refractivity contribution is 5.51. The Bertz CT molecular complexity index is 714. The monoisotopic (exact) mass is 388 g/mol. The van der Waals surface area contributed by atoms with Gasteiger partial charge in [0.1, 0.15) is 5.75 Å². The molecule has 2 heterocycles. The van der Waals surface area contributed by atoms with Crippen molar-refractivity contribution in [2.45, 2.75) is 38.8 Å². The molecule has 154 valence electrons. The first-order chi connectivity index (χ1) is 13.8. The first-order valence-electron chi connectivity index (χ1n) is 10.1. The molecule has 8 heteroatoms. The number of methoxy groups -OCH3 is 2. The average Bonchev–Trinajstić information content (AvgIpc) is 3.21. The molecule has 0 radical (unpaired) electrons. The lowest BCUT2D eigenvalue weighted by atomic mass is 10.1. The maximum Gasteiger partial charge on any atom is 0.168 e. The quantitative estimate of drug-likeness (QED) is 0.619. The van der Waals surface area contributed by atoms with Crippen molar-refractivity contribution >= 4 is 5.69 Å². The van der Waals surface area contributed by atoms with Gasteiger partial charge in [-0.05, 0) is 29.0 Å². The van der Waals surface area contributed by atoms with Crippen LogP contribution in [0, 0.1) is 0 Å². The van der Waals surface area contributed by atoms with E-state index in [2.05, 4.69) is 50.4 Å². The number of rotatable bonds is 10. The lowest BCUT2D eigenvalue weighted by Crippen LogP contribution is -2.48. The van der Waals surface area contributed by atoms with E-state index in [0.717, 1.165) is 50.6 Å². The molecule has 1 aromatic carbocycles.